The number of carbonyl (C=O) groups is 2. The van der Waals surface area contributed by atoms with E-state index in [0.717, 1.165) is 22.3 Å². The van der Waals surface area contributed by atoms with Gasteiger partial charge in [0.05, 0.1) is 23.3 Å². The number of nitrogens with zero attached hydrogens (tertiary/aromatic N) is 1. The number of rotatable bonds is 6. The number of carbonyl (C=O) groups excluding carboxylic acids is 2. The Kier molecular flexibility index (Phi) is 7.05. The highest BCUT2D eigenvalue weighted by molar-refractivity contribution is 7.89. The summed E-state index contributed by atoms with van der Waals surface area (Å²) >= 11 is 0. The molecule has 1 aromatic rings. The molecule has 3 N–H and O–H groups in total. The standard InChI is InChI=1S/C22H29F3N4O4S/c1-15-4-6-16(7-5-15)34(32,33)29-11-10-27-19(31)17(29)12-18(30)28-21(13-22(23,24)25)8-9-26-14-20(21,2)3/h4-7,10-11,17,26H,8-9,12-14H2,1-3H3,(H,27,31)(H,28,30)/t17-,21-/m1/s1. The summed E-state index contributed by atoms with van der Waals surface area (Å²) in [6, 6.07) is 4.52. The van der Waals surface area contributed by atoms with Gasteiger partial charge in [-0.05, 0) is 32.0 Å². The van der Waals surface area contributed by atoms with E-state index in [1.54, 1.807) is 32.9 Å². The van der Waals surface area contributed by atoms with Gasteiger partial charge in [-0.25, -0.2) is 8.42 Å². The Morgan fingerprint density at radius 1 is 1.24 bits per heavy atom. The molecule has 2 atom stereocenters. The quantitative estimate of drug-likeness (QED) is 0.553. The summed E-state index contributed by atoms with van der Waals surface area (Å²) in [5.74, 6) is -1.58. The van der Waals surface area contributed by atoms with Crippen LogP contribution in [0.3, 0.4) is 0 Å². The summed E-state index contributed by atoms with van der Waals surface area (Å²) in [5.41, 5.74) is -1.71. The molecular formula is C22H29F3N4O4S. The smallest absolute Gasteiger partial charge is 0.350 e. The SMILES string of the molecule is Cc1ccc(S(=O)(=O)N2C=CNC(=O)[C@H]2CC(=O)N[C@@]2(CC(F)(F)F)CCNCC2(C)C)cc1. The number of piperidine rings is 1. The monoisotopic (exact) mass is 502 g/mol. The van der Waals surface area contributed by atoms with Crippen LogP contribution in [0, 0.1) is 12.3 Å². The molecule has 1 fully saturated rings. The van der Waals surface area contributed by atoms with E-state index in [0.29, 0.717) is 0 Å². The second-order valence-electron chi connectivity index (χ2n) is 9.43. The van der Waals surface area contributed by atoms with Crippen LogP contribution in [0.2, 0.25) is 0 Å². The maximum absolute atomic E-state index is 13.5. The Morgan fingerprint density at radius 2 is 1.88 bits per heavy atom. The van der Waals surface area contributed by atoms with Gasteiger partial charge >= 0.3 is 6.18 Å². The highest BCUT2D eigenvalue weighted by Gasteiger charge is 2.53. The van der Waals surface area contributed by atoms with Crippen LogP contribution in [0.4, 0.5) is 13.2 Å². The van der Waals surface area contributed by atoms with E-state index < -0.39 is 57.9 Å². The molecule has 0 spiro atoms. The molecule has 2 heterocycles. The zero-order valence-electron chi connectivity index (χ0n) is 19.2. The minimum atomic E-state index is -4.53. The van der Waals surface area contributed by atoms with Gasteiger partial charge in [-0.2, -0.15) is 13.2 Å². The number of sulfonamides is 1. The maximum Gasteiger partial charge on any atom is 0.391 e. The van der Waals surface area contributed by atoms with E-state index in [1.807, 2.05) is 0 Å². The first kappa shape index (κ1) is 26.0. The fraction of sp³-hybridized carbons (Fsp3) is 0.545. The minimum absolute atomic E-state index is 0.0351. The third kappa shape index (κ3) is 5.38. The van der Waals surface area contributed by atoms with Crippen LogP contribution >= 0.6 is 0 Å². The van der Waals surface area contributed by atoms with E-state index in [1.165, 1.54) is 12.1 Å². The van der Waals surface area contributed by atoms with Crippen molar-refractivity contribution in [1.29, 1.82) is 0 Å². The van der Waals surface area contributed by atoms with Crippen LogP contribution in [0.25, 0.3) is 0 Å². The molecule has 0 radical (unpaired) electrons. The predicted octanol–water partition coefficient (Wildman–Crippen LogP) is 2.17. The van der Waals surface area contributed by atoms with Crippen molar-refractivity contribution < 1.29 is 31.2 Å². The first-order valence-corrected chi connectivity index (χ1v) is 12.3. The van der Waals surface area contributed by atoms with Gasteiger partial charge in [-0.1, -0.05) is 31.5 Å². The second-order valence-corrected chi connectivity index (χ2v) is 11.3. The van der Waals surface area contributed by atoms with E-state index in [-0.39, 0.29) is 24.4 Å². The summed E-state index contributed by atoms with van der Waals surface area (Å²) in [6.45, 7) is 5.59. The average molecular weight is 503 g/mol. The van der Waals surface area contributed by atoms with Crippen LogP contribution in [0.5, 0.6) is 0 Å². The first-order chi connectivity index (χ1) is 15.7. The van der Waals surface area contributed by atoms with Crippen LogP contribution in [0.15, 0.2) is 41.6 Å². The molecule has 0 aromatic heterocycles. The van der Waals surface area contributed by atoms with Gasteiger partial charge in [0, 0.05) is 24.4 Å². The lowest BCUT2D eigenvalue weighted by Gasteiger charge is -2.51. The largest absolute Gasteiger partial charge is 0.391 e. The van der Waals surface area contributed by atoms with E-state index in [9.17, 15) is 31.2 Å². The first-order valence-electron chi connectivity index (χ1n) is 10.8. The molecule has 0 aliphatic carbocycles. The summed E-state index contributed by atoms with van der Waals surface area (Å²) in [5, 5.41) is 7.96. The molecule has 0 saturated carbocycles. The highest BCUT2D eigenvalue weighted by Crippen LogP contribution is 2.43. The highest BCUT2D eigenvalue weighted by atomic mass is 32.2. The number of hydrogen-bond donors (Lipinski definition) is 3. The number of amides is 2. The van der Waals surface area contributed by atoms with Gasteiger partial charge in [0.1, 0.15) is 6.04 Å². The van der Waals surface area contributed by atoms with Crippen LogP contribution in [-0.4, -0.2) is 55.4 Å². The van der Waals surface area contributed by atoms with Crippen molar-refractivity contribution in [2.75, 3.05) is 13.1 Å². The molecule has 34 heavy (non-hydrogen) atoms. The fourth-order valence-corrected chi connectivity index (χ4v) is 5.87. The van der Waals surface area contributed by atoms with Crippen molar-refractivity contribution in [2.24, 2.45) is 5.41 Å². The molecule has 188 valence electrons. The molecule has 2 aliphatic heterocycles. The number of nitrogens with one attached hydrogen (secondary N) is 3. The third-order valence-electron chi connectivity index (χ3n) is 6.50. The Morgan fingerprint density at radius 3 is 2.47 bits per heavy atom. The zero-order valence-corrected chi connectivity index (χ0v) is 20.0. The molecule has 1 aromatic carbocycles. The molecule has 12 heteroatoms. The van der Waals surface area contributed by atoms with Crippen molar-refractivity contribution in [3.05, 3.63) is 42.2 Å². The molecule has 0 bridgehead atoms. The Labute approximate surface area is 197 Å². The van der Waals surface area contributed by atoms with Gasteiger partial charge in [-0.15, -0.1) is 0 Å². The van der Waals surface area contributed by atoms with E-state index in [2.05, 4.69) is 16.0 Å². The summed E-state index contributed by atoms with van der Waals surface area (Å²) in [7, 11) is -4.19. The summed E-state index contributed by atoms with van der Waals surface area (Å²) in [6.07, 6.45) is -4.09. The van der Waals surface area contributed by atoms with Crippen molar-refractivity contribution in [3.63, 3.8) is 0 Å². The van der Waals surface area contributed by atoms with Crippen LogP contribution in [-0.2, 0) is 19.6 Å². The average Bonchev–Trinajstić information content (AvgIpc) is 2.70. The van der Waals surface area contributed by atoms with Gasteiger partial charge in [0.25, 0.3) is 10.0 Å². The van der Waals surface area contributed by atoms with Gasteiger partial charge < -0.3 is 16.0 Å². The van der Waals surface area contributed by atoms with Gasteiger partial charge in [0.2, 0.25) is 11.8 Å². The van der Waals surface area contributed by atoms with Crippen LogP contribution in [0.1, 0.15) is 38.7 Å². The van der Waals surface area contributed by atoms with Gasteiger partial charge in [0.15, 0.2) is 0 Å². The number of benzene rings is 1. The second kappa shape index (κ2) is 9.21. The summed E-state index contributed by atoms with van der Waals surface area (Å²) in [4.78, 5) is 25.5. The van der Waals surface area contributed by atoms with Crippen molar-refractivity contribution in [2.45, 2.75) is 62.7 Å². The number of aryl methyl sites for hydroxylation is 1. The van der Waals surface area contributed by atoms with Gasteiger partial charge in [-0.3, -0.25) is 13.9 Å². The van der Waals surface area contributed by atoms with Crippen molar-refractivity contribution in [1.82, 2.24) is 20.3 Å². The number of alkyl halides is 3. The Hall–Kier alpha value is -2.60. The number of halogens is 3. The third-order valence-corrected chi connectivity index (χ3v) is 8.30. The molecule has 2 aliphatic rings. The van der Waals surface area contributed by atoms with Crippen molar-refractivity contribution >= 4 is 21.8 Å². The zero-order chi connectivity index (χ0) is 25.4. The van der Waals surface area contributed by atoms with E-state index in [4.69, 9.17) is 0 Å². The lowest BCUT2D eigenvalue weighted by molar-refractivity contribution is -0.168. The topological polar surface area (TPSA) is 108 Å². The lowest BCUT2D eigenvalue weighted by Crippen LogP contribution is -2.66. The fourth-order valence-electron chi connectivity index (χ4n) is 4.42. The molecule has 3 rings (SSSR count). The molecule has 0 unspecified atom stereocenters. The summed E-state index contributed by atoms with van der Waals surface area (Å²) < 4.78 is 67.7. The molecule has 8 nitrogen and oxygen atoms in total. The normalized spacial score (nSPS) is 25.1. The van der Waals surface area contributed by atoms with Crippen molar-refractivity contribution in [3.8, 4) is 0 Å². The maximum atomic E-state index is 13.5. The van der Waals surface area contributed by atoms with Crippen LogP contribution < -0.4 is 16.0 Å². The molecular weight excluding hydrogens is 473 g/mol. The lowest BCUT2D eigenvalue weighted by atomic mass is 9.66. The Balaban J connectivity index is 1.88. The molecule has 2 amide bonds. The Bertz CT molecular complexity index is 1070. The molecule has 1 saturated heterocycles. The minimum Gasteiger partial charge on any atom is -0.350 e. The number of hydrogen-bond acceptors (Lipinski definition) is 5. The predicted molar refractivity (Wildman–Crippen MR) is 119 cm³/mol. The van der Waals surface area contributed by atoms with E-state index >= 15 is 0 Å².